The largest absolute Gasteiger partial charge is 0.493 e. The minimum Gasteiger partial charge on any atom is -0.493 e. The van der Waals surface area contributed by atoms with Gasteiger partial charge in [-0.1, -0.05) is 41.6 Å². The minimum atomic E-state index is -1.01. The molecule has 10 heteroatoms. The van der Waals surface area contributed by atoms with Gasteiger partial charge in [0.05, 0.1) is 26.8 Å². The van der Waals surface area contributed by atoms with Crippen molar-refractivity contribution in [3.8, 4) is 17.2 Å². The summed E-state index contributed by atoms with van der Waals surface area (Å²) in [6, 6.07) is 17.9. The number of carbonyl (C=O) groups is 2. The molecule has 1 aromatic heterocycles. The number of hydrogen-bond donors (Lipinski definition) is 1. The Morgan fingerprint density at radius 3 is 2.21 bits per heavy atom. The molecule has 0 aliphatic heterocycles. The molecule has 0 aliphatic carbocycles. The van der Waals surface area contributed by atoms with Crippen LogP contribution in [-0.4, -0.2) is 65.1 Å². The van der Waals surface area contributed by atoms with Crippen LogP contribution in [0, 0.1) is 6.92 Å². The van der Waals surface area contributed by atoms with Crippen LogP contribution in [0.5, 0.6) is 17.2 Å². The van der Waals surface area contributed by atoms with Gasteiger partial charge in [-0.05, 0) is 75.1 Å². The van der Waals surface area contributed by atoms with E-state index in [0.29, 0.717) is 34.7 Å². The van der Waals surface area contributed by atoms with E-state index in [9.17, 15) is 9.59 Å². The molecule has 10 nitrogen and oxygen atoms in total. The maximum absolute atomic E-state index is 14.2. The molecule has 4 aromatic rings. The summed E-state index contributed by atoms with van der Waals surface area (Å²) < 4.78 is 18.3. The van der Waals surface area contributed by atoms with Crippen molar-refractivity contribution >= 4 is 22.8 Å². The number of para-hydroxylation sites is 1. The van der Waals surface area contributed by atoms with Gasteiger partial charge in [-0.2, -0.15) is 0 Å². The van der Waals surface area contributed by atoms with Crippen molar-refractivity contribution in [1.29, 1.82) is 0 Å². The van der Waals surface area contributed by atoms with Crippen LogP contribution in [0.15, 0.2) is 60.7 Å². The van der Waals surface area contributed by atoms with E-state index in [1.165, 1.54) is 21.3 Å². The molecule has 0 bridgehead atoms. The Balaban J connectivity index is 1.83. The molecule has 42 heavy (non-hydrogen) atoms. The van der Waals surface area contributed by atoms with E-state index in [-0.39, 0.29) is 24.9 Å². The summed E-state index contributed by atoms with van der Waals surface area (Å²) in [5.74, 6) is 0.536. The lowest BCUT2D eigenvalue weighted by atomic mass is 9.99. The Kier molecular flexibility index (Phi) is 9.35. The van der Waals surface area contributed by atoms with Crippen molar-refractivity contribution in [3.63, 3.8) is 0 Å². The van der Waals surface area contributed by atoms with Crippen LogP contribution in [-0.2, 0) is 22.6 Å². The molecule has 0 saturated heterocycles. The van der Waals surface area contributed by atoms with Crippen molar-refractivity contribution in [2.75, 3.05) is 27.9 Å². The number of nitrogens with zero attached hydrogens (tertiary/aromatic N) is 4. The van der Waals surface area contributed by atoms with Gasteiger partial charge in [0.15, 0.2) is 11.5 Å². The highest BCUT2D eigenvalue weighted by Gasteiger charge is 2.35. The lowest BCUT2D eigenvalue weighted by Gasteiger charge is -2.34. The van der Waals surface area contributed by atoms with Gasteiger partial charge in [0.2, 0.25) is 17.6 Å². The van der Waals surface area contributed by atoms with Gasteiger partial charge >= 0.3 is 0 Å². The van der Waals surface area contributed by atoms with E-state index < -0.39 is 11.6 Å². The smallest absolute Gasteiger partial charge is 0.247 e. The molecule has 0 unspecified atom stereocenters. The number of aryl methyl sites for hydroxylation is 1. The van der Waals surface area contributed by atoms with Gasteiger partial charge in [0.25, 0.3) is 0 Å². The van der Waals surface area contributed by atoms with Gasteiger partial charge in [0, 0.05) is 12.1 Å². The Bertz CT molecular complexity index is 1530. The number of fused-ring (bicyclic) bond motifs is 1. The summed E-state index contributed by atoms with van der Waals surface area (Å²) in [7, 11) is 4.55. The molecule has 0 spiro atoms. The topological polar surface area (TPSA) is 108 Å². The van der Waals surface area contributed by atoms with E-state index in [1.807, 2.05) is 76.2 Å². The molecule has 2 amide bonds. The first kappa shape index (κ1) is 30.4. The molecular formula is C32H39N5O5. The quantitative estimate of drug-likeness (QED) is 0.282. The summed E-state index contributed by atoms with van der Waals surface area (Å²) in [4.78, 5) is 29.9. The first-order chi connectivity index (χ1) is 20.1. The van der Waals surface area contributed by atoms with Gasteiger partial charge in [-0.3, -0.25) is 9.59 Å². The van der Waals surface area contributed by atoms with Crippen LogP contribution >= 0.6 is 0 Å². The maximum atomic E-state index is 14.2. The Morgan fingerprint density at radius 2 is 1.60 bits per heavy atom. The van der Waals surface area contributed by atoms with Crippen molar-refractivity contribution in [2.24, 2.45) is 0 Å². The number of methoxy groups -OCH3 is 3. The summed E-state index contributed by atoms with van der Waals surface area (Å²) in [6.45, 7) is 7.91. The molecule has 0 radical (unpaired) electrons. The van der Waals surface area contributed by atoms with Crippen molar-refractivity contribution in [1.82, 2.24) is 25.2 Å². The summed E-state index contributed by atoms with van der Waals surface area (Å²) >= 11 is 0. The fourth-order valence-corrected chi connectivity index (χ4v) is 4.95. The van der Waals surface area contributed by atoms with Crippen LogP contribution < -0.4 is 19.5 Å². The average Bonchev–Trinajstić information content (AvgIpc) is 3.36. The zero-order valence-corrected chi connectivity index (χ0v) is 25.3. The van der Waals surface area contributed by atoms with E-state index >= 15 is 0 Å². The van der Waals surface area contributed by atoms with Gasteiger partial charge in [-0.25, -0.2) is 4.68 Å². The van der Waals surface area contributed by atoms with Crippen LogP contribution in [0.3, 0.4) is 0 Å². The number of nitrogens with one attached hydrogen (secondary N) is 1. The highest BCUT2D eigenvalue weighted by atomic mass is 16.5. The third-order valence-corrected chi connectivity index (χ3v) is 6.97. The Hall–Kier alpha value is -4.60. The average molecular weight is 574 g/mol. The third-order valence-electron chi connectivity index (χ3n) is 6.97. The van der Waals surface area contributed by atoms with E-state index in [4.69, 9.17) is 14.2 Å². The monoisotopic (exact) mass is 573 g/mol. The molecule has 0 aliphatic rings. The molecular weight excluding hydrogens is 534 g/mol. The van der Waals surface area contributed by atoms with E-state index in [1.54, 1.807) is 21.7 Å². The molecule has 1 atom stereocenters. The first-order valence-corrected chi connectivity index (χ1v) is 13.8. The maximum Gasteiger partial charge on any atom is 0.247 e. The minimum absolute atomic E-state index is 0.0992. The Labute approximate surface area is 246 Å². The number of carbonyl (C=O) groups excluding carboxylic acids is 2. The molecule has 1 N–H and O–H groups in total. The lowest BCUT2D eigenvalue weighted by Crippen LogP contribution is -2.50. The predicted octanol–water partition coefficient (Wildman–Crippen LogP) is 4.49. The highest BCUT2D eigenvalue weighted by molar-refractivity contribution is 5.90. The zero-order valence-electron chi connectivity index (χ0n) is 25.3. The predicted molar refractivity (Wildman–Crippen MR) is 161 cm³/mol. The van der Waals surface area contributed by atoms with E-state index in [2.05, 4.69) is 15.6 Å². The van der Waals surface area contributed by atoms with Gasteiger partial charge in [0.1, 0.15) is 18.1 Å². The van der Waals surface area contributed by atoms with Crippen LogP contribution in [0.1, 0.15) is 43.5 Å². The molecule has 0 saturated carbocycles. The third kappa shape index (κ3) is 6.82. The second kappa shape index (κ2) is 12.9. The zero-order chi connectivity index (χ0) is 30.4. The Morgan fingerprint density at radius 1 is 0.952 bits per heavy atom. The standard InChI is InChI=1S/C32H39N5O5/c1-21-12-8-9-13-22(21)16-17-36(28(38)20-37-25-15-11-10-14-24(25)34-35-37)29(31(39)33-32(2,3)4)23-18-26(40-5)30(42-7)27(19-23)41-6/h8-15,18-19,29H,16-17,20H2,1-7H3,(H,33,39)/t29-/m1/s1. The molecule has 4 rings (SSSR count). The number of hydrogen-bond acceptors (Lipinski definition) is 7. The van der Waals surface area contributed by atoms with Crippen LogP contribution in [0.2, 0.25) is 0 Å². The fourth-order valence-electron chi connectivity index (χ4n) is 4.95. The SMILES string of the molecule is COc1cc([C@H](C(=O)NC(C)(C)C)N(CCc2ccccc2C)C(=O)Cn2nnc3ccccc32)cc(OC)c1OC. The van der Waals surface area contributed by atoms with E-state index in [0.717, 1.165) is 16.6 Å². The number of ether oxygens (including phenoxy) is 3. The molecule has 0 fully saturated rings. The second-order valence-electron chi connectivity index (χ2n) is 11.1. The summed E-state index contributed by atoms with van der Waals surface area (Å²) in [6.07, 6.45) is 0.542. The summed E-state index contributed by atoms with van der Waals surface area (Å²) in [5, 5.41) is 11.5. The molecule has 3 aromatic carbocycles. The molecule has 1 heterocycles. The first-order valence-electron chi connectivity index (χ1n) is 13.8. The fraction of sp³-hybridized carbons (Fsp3) is 0.375. The number of amides is 2. The van der Waals surface area contributed by atoms with Gasteiger partial charge < -0.3 is 24.4 Å². The lowest BCUT2D eigenvalue weighted by molar-refractivity contribution is -0.142. The van der Waals surface area contributed by atoms with Crippen molar-refractivity contribution in [2.45, 2.75) is 52.2 Å². The number of rotatable bonds is 11. The number of aromatic nitrogens is 3. The number of benzene rings is 3. The summed E-state index contributed by atoms with van der Waals surface area (Å²) in [5.41, 5.74) is 3.57. The molecule has 222 valence electrons. The van der Waals surface area contributed by atoms with Crippen LogP contribution in [0.25, 0.3) is 11.0 Å². The second-order valence-corrected chi connectivity index (χ2v) is 11.1. The highest BCUT2D eigenvalue weighted by Crippen LogP contribution is 2.41. The van der Waals surface area contributed by atoms with Crippen LogP contribution in [0.4, 0.5) is 0 Å². The van der Waals surface area contributed by atoms with Crippen molar-refractivity contribution in [3.05, 3.63) is 77.4 Å². The van der Waals surface area contributed by atoms with Gasteiger partial charge in [-0.15, -0.1) is 5.10 Å². The normalized spacial score (nSPS) is 12.1. The van der Waals surface area contributed by atoms with Crippen molar-refractivity contribution < 1.29 is 23.8 Å².